The van der Waals surface area contributed by atoms with E-state index in [-0.39, 0.29) is 40.1 Å². The summed E-state index contributed by atoms with van der Waals surface area (Å²) in [5, 5.41) is 11.1. The van der Waals surface area contributed by atoms with Crippen LogP contribution in [0, 0.1) is 28.6 Å². The fourth-order valence-electron chi connectivity index (χ4n) is 7.06. The maximum absolute atomic E-state index is 12.3. The third kappa shape index (κ3) is 2.10. The van der Waals surface area contributed by atoms with E-state index in [0.717, 1.165) is 18.4 Å². The van der Waals surface area contributed by atoms with Crippen LogP contribution in [-0.2, 0) is 9.59 Å². The number of ketones is 2. The van der Waals surface area contributed by atoms with Gasteiger partial charge in [-0.15, -0.1) is 11.6 Å². The zero-order valence-electron chi connectivity index (χ0n) is 16.1. The third-order valence-electron chi connectivity index (χ3n) is 8.47. The number of carbonyl (C=O) groups is 2. The van der Waals surface area contributed by atoms with Crippen molar-refractivity contribution in [1.82, 2.24) is 0 Å². The Bertz CT molecular complexity index is 752. The molecular formula is C22H29ClO3. The summed E-state index contributed by atoms with van der Waals surface area (Å²) in [6, 6.07) is 0. The van der Waals surface area contributed by atoms with Crippen molar-refractivity contribution in [2.24, 2.45) is 28.6 Å². The van der Waals surface area contributed by atoms with Crippen LogP contribution in [0.2, 0.25) is 0 Å². The van der Waals surface area contributed by atoms with E-state index in [9.17, 15) is 14.7 Å². The summed E-state index contributed by atoms with van der Waals surface area (Å²) in [5.74, 6) is 0.834. The molecule has 1 N–H and O–H groups in total. The van der Waals surface area contributed by atoms with E-state index in [1.165, 1.54) is 12.5 Å². The molecule has 0 saturated heterocycles. The highest BCUT2D eigenvalue weighted by molar-refractivity contribution is 6.21. The second-order valence-corrected chi connectivity index (χ2v) is 10.2. The number of hydrogen-bond donors (Lipinski definition) is 1. The number of hydrogen-bond acceptors (Lipinski definition) is 3. The first-order chi connectivity index (χ1) is 12.0. The molecule has 0 aliphatic heterocycles. The van der Waals surface area contributed by atoms with Crippen LogP contribution in [0.3, 0.4) is 0 Å². The first kappa shape index (κ1) is 18.4. The Balaban J connectivity index is 1.85. The summed E-state index contributed by atoms with van der Waals surface area (Å²) in [5.41, 5.74) is 0.488. The van der Waals surface area contributed by atoms with Crippen molar-refractivity contribution in [1.29, 1.82) is 0 Å². The number of alkyl halides is 1. The number of fused-ring (bicyclic) bond motifs is 5. The Hall–Kier alpha value is -0.930. The molecule has 142 valence electrons. The van der Waals surface area contributed by atoms with E-state index < -0.39 is 11.0 Å². The zero-order chi connectivity index (χ0) is 19.1. The predicted molar refractivity (Wildman–Crippen MR) is 102 cm³/mol. The van der Waals surface area contributed by atoms with Gasteiger partial charge in [0.1, 0.15) is 5.60 Å². The summed E-state index contributed by atoms with van der Waals surface area (Å²) in [6.07, 6.45) is 7.59. The van der Waals surface area contributed by atoms with Crippen LogP contribution in [0.5, 0.6) is 0 Å². The molecule has 4 rings (SSSR count). The van der Waals surface area contributed by atoms with Crippen molar-refractivity contribution in [2.75, 3.05) is 0 Å². The molecule has 0 aromatic rings. The predicted octanol–water partition coefficient (Wildman–Crippen LogP) is 4.22. The van der Waals surface area contributed by atoms with Gasteiger partial charge in [-0.2, -0.15) is 0 Å². The molecule has 0 unspecified atom stereocenters. The van der Waals surface area contributed by atoms with Gasteiger partial charge in [0.25, 0.3) is 0 Å². The number of halogens is 1. The lowest BCUT2D eigenvalue weighted by molar-refractivity contribution is -0.156. The molecule has 26 heavy (non-hydrogen) atoms. The molecular weight excluding hydrogens is 348 g/mol. The van der Waals surface area contributed by atoms with Gasteiger partial charge in [-0.1, -0.05) is 25.5 Å². The summed E-state index contributed by atoms with van der Waals surface area (Å²) in [4.78, 5) is 24.4. The number of allylic oxidation sites excluding steroid dienone is 4. The first-order valence-electron chi connectivity index (χ1n) is 9.86. The molecule has 4 heteroatoms. The Morgan fingerprint density at radius 2 is 2.00 bits per heavy atom. The van der Waals surface area contributed by atoms with Gasteiger partial charge >= 0.3 is 0 Å². The Labute approximate surface area is 160 Å². The quantitative estimate of drug-likeness (QED) is 0.697. The summed E-state index contributed by atoms with van der Waals surface area (Å²) >= 11 is 7.01. The topological polar surface area (TPSA) is 54.4 Å². The van der Waals surface area contributed by atoms with Crippen LogP contribution < -0.4 is 0 Å². The van der Waals surface area contributed by atoms with Crippen LogP contribution in [0.1, 0.15) is 59.8 Å². The van der Waals surface area contributed by atoms with E-state index in [1.807, 2.05) is 6.08 Å². The van der Waals surface area contributed by atoms with Gasteiger partial charge in [-0.05, 0) is 74.3 Å². The van der Waals surface area contributed by atoms with E-state index in [2.05, 4.69) is 26.8 Å². The summed E-state index contributed by atoms with van der Waals surface area (Å²) in [6.45, 7) is 7.95. The molecule has 0 aromatic heterocycles. The highest BCUT2D eigenvalue weighted by Crippen LogP contribution is 2.67. The lowest BCUT2D eigenvalue weighted by atomic mass is 9.47. The van der Waals surface area contributed by atoms with Crippen LogP contribution in [0.4, 0.5) is 0 Å². The average Bonchev–Trinajstić information content (AvgIpc) is 2.81. The summed E-state index contributed by atoms with van der Waals surface area (Å²) < 4.78 is 0. The van der Waals surface area contributed by atoms with E-state index in [4.69, 9.17) is 11.6 Å². The maximum Gasteiger partial charge on any atom is 0.161 e. The zero-order valence-corrected chi connectivity index (χ0v) is 16.9. The number of Topliss-reactive ketones (excluding diaryl/α,β-unsaturated/α-hetero) is 1. The first-order valence-corrected chi connectivity index (χ1v) is 10.3. The van der Waals surface area contributed by atoms with Gasteiger partial charge in [0.15, 0.2) is 11.6 Å². The third-order valence-corrected chi connectivity index (χ3v) is 8.89. The van der Waals surface area contributed by atoms with Gasteiger partial charge < -0.3 is 5.11 Å². The average molecular weight is 377 g/mol. The van der Waals surface area contributed by atoms with Crippen LogP contribution in [-0.4, -0.2) is 27.7 Å². The van der Waals surface area contributed by atoms with Crippen LogP contribution in [0.25, 0.3) is 0 Å². The van der Waals surface area contributed by atoms with Gasteiger partial charge in [-0.3, -0.25) is 9.59 Å². The molecule has 3 nitrogen and oxygen atoms in total. The number of aliphatic hydroxyl groups is 1. The fourth-order valence-corrected chi connectivity index (χ4v) is 7.83. The number of rotatable bonds is 1. The lowest BCUT2D eigenvalue weighted by Gasteiger charge is -2.59. The second-order valence-electron chi connectivity index (χ2n) is 9.59. The number of carbonyl (C=O) groups excluding carboxylic acids is 2. The highest BCUT2D eigenvalue weighted by Gasteiger charge is 2.67. The van der Waals surface area contributed by atoms with Crippen LogP contribution >= 0.6 is 11.6 Å². The molecule has 4 aliphatic carbocycles. The molecule has 0 bridgehead atoms. The van der Waals surface area contributed by atoms with Crippen molar-refractivity contribution in [3.63, 3.8) is 0 Å². The Kier molecular flexibility index (Phi) is 3.93. The molecule has 2 saturated carbocycles. The van der Waals surface area contributed by atoms with Crippen LogP contribution in [0.15, 0.2) is 23.3 Å². The Morgan fingerprint density at radius 1 is 1.31 bits per heavy atom. The molecule has 0 heterocycles. The standard InChI is InChI=1S/C22H29ClO3/c1-12-9-15-16-6-8-22(26,13(2)24)21(16,4)11-18(23)19(15)20(3)7-5-14(25)10-17(12)20/h9-10,15-16,18-19,26H,5-8,11H2,1-4H3/t15-,16-,18-,19+,20-,21-,22-/m0/s1. The molecule has 7 atom stereocenters. The lowest BCUT2D eigenvalue weighted by Crippen LogP contribution is -2.59. The minimum absolute atomic E-state index is 0.0952. The smallest absolute Gasteiger partial charge is 0.161 e. The Morgan fingerprint density at radius 3 is 2.65 bits per heavy atom. The van der Waals surface area contributed by atoms with Gasteiger partial charge in [0, 0.05) is 17.2 Å². The van der Waals surface area contributed by atoms with Crippen molar-refractivity contribution >= 4 is 23.2 Å². The highest BCUT2D eigenvalue weighted by atomic mass is 35.5. The normalized spacial score (nSPS) is 50.3. The van der Waals surface area contributed by atoms with E-state index in [0.29, 0.717) is 19.3 Å². The van der Waals surface area contributed by atoms with E-state index in [1.54, 1.807) is 0 Å². The van der Waals surface area contributed by atoms with Gasteiger partial charge in [-0.25, -0.2) is 0 Å². The van der Waals surface area contributed by atoms with Gasteiger partial charge in [0.2, 0.25) is 0 Å². The molecule has 4 aliphatic rings. The SMILES string of the molecule is CC(=O)[C@@]1(O)CC[C@H]2[C@@H]3C=C(C)C4=CC(=O)CC[C@]4(C)[C@H]3[C@@H](Cl)C[C@@]21C. The minimum atomic E-state index is -1.27. The minimum Gasteiger partial charge on any atom is -0.382 e. The largest absolute Gasteiger partial charge is 0.382 e. The molecule has 0 radical (unpaired) electrons. The van der Waals surface area contributed by atoms with Gasteiger partial charge in [0.05, 0.1) is 0 Å². The van der Waals surface area contributed by atoms with Crippen molar-refractivity contribution in [2.45, 2.75) is 70.8 Å². The molecule has 2 fully saturated rings. The molecule has 0 spiro atoms. The second kappa shape index (κ2) is 5.54. The molecule has 0 aromatic carbocycles. The maximum atomic E-state index is 12.3. The van der Waals surface area contributed by atoms with Crippen molar-refractivity contribution in [3.8, 4) is 0 Å². The van der Waals surface area contributed by atoms with Crippen molar-refractivity contribution in [3.05, 3.63) is 23.3 Å². The fraction of sp³-hybridized carbons (Fsp3) is 0.727. The van der Waals surface area contributed by atoms with E-state index >= 15 is 0 Å². The summed E-state index contributed by atoms with van der Waals surface area (Å²) in [7, 11) is 0. The monoisotopic (exact) mass is 376 g/mol. The molecule has 0 amide bonds. The van der Waals surface area contributed by atoms with Crippen molar-refractivity contribution < 1.29 is 14.7 Å².